The standard InChI is InChI=1S/C16H24FNO3/c1-2-18(9-13-7-8-20-11-13)10-15(19)12-21-16-5-3-14(17)4-6-16/h3-6,13,15,19H,2,7-12H2,1H3. The van der Waals surface area contributed by atoms with Gasteiger partial charge in [0, 0.05) is 19.7 Å². The molecule has 1 heterocycles. The third-order valence-electron chi connectivity index (χ3n) is 3.71. The van der Waals surface area contributed by atoms with Crippen LogP contribution in [-0.4, -0.2) is 55.6 Å². The third kappa shape index (κ3) is 5.61. The second-order valence-corrected chi connectivity index (χ2v) is 5.50. The molecule has 0 bridgehead atoms. The summed E-state index contributed by atoms with van der Waals surface area (Å²) in [5, 5.41) is 10.1. The van der Waals surface area contributed by atoms with Crippen molar-refractivity contribution in [2.24, 2.45) is 5.92 Å². The van der Waals surface area contributed by atoms with Gasteiger partial charge in [0.05, 0.1) is 6.61 Å². The topological polar surface area (TPSA) is 41.9 Å². The molecule has 1 N–H and O–H groups in total. The first-order valence-corrected chi connectivity index (χ1v) is 7.54. The zero-order valence-corrected chi connectivity index (χ0v) is 12.5. The molecule has 4 nitrogen and oxygen atoms in total. The lowest BCUT2D eigenvalue weighted by Gasteiger charge is -2.25. The van der Waals surface area contributed by atoms with Crippen LogP contribution in [0.25, 0.3) is 0 Å². The summed E-state index contributed by atoms with van der Waals surface area (Å²) >= 11 is 0. The molecule has 0 amide bonds. The first kappa shape index (κ1) is 16.2. The molecular weight excluding hydrogens is 273 g/mol. The molecule has 21 heavy (non-hydrogen) atoms. The minimum atomic E-state index is -0.558. The highest BCUT2D eigenvalue weighted by molar-refractivity contribution is 5.22. The van der Waals surface area contributed by atoms with Crippen molar-refractivity contribution in [2.75, 3.05) is 39.5 Å². The lowest BCUT2D eigenvalue weighted by atomic mass is 10.1. The van der Waals surface area contributed by atoms with Crippen molar-refractivity contribution in [3.63, 3.8) is 0 Å². The van der Waals surface area contributed by atoms with E-state index in [-0.39, 0.29) is 12.4 Å². The summed E-state index contributed by atoms with van der Waals surface area (Å²) in [4.78, 5) is 2.22. The van der Waals surface area contributed by atoms with Gasteiger partial charge in [0.2, 0.25) is 0 Å². The summed E-state index contributed by atoms with van der Waals surface area (Å²) in [7, 11) is 0. The van der Waals surface area contributed by atoms with Crippen molar-refractivity contribution >= 4 is 0 Å². The predicted octanol–water partition coefficient (Wildman–Crippen LogP) is 1.92. The van der Waals surface area contributed by atoms with Gasteiger partial charge in [0.1, 0.15) is 24.3 Å². The maximum Gasteiger partial charge on any atom is 0.123 e. The Morgan fingerprint density at radius 2 is 2.19 bits per heavy atom. The molecule has 0 radical (unpaired) electrons. The van der Waals surface area contributed by atoms with Gasteiger partial charge >= 0.3 is 0 Å². The highest BCUT2D eigenvalue weighted by Gasteiger charge is 2.20. The van der Waals surface area contributed by atoms with Crippen molar-refractivity contribution < 1.29 is 19.0 Å². The molecule has 118 valence electrons. The molecular formula is C16H24FNO3. The molecule has 1 aromatic carbocycles. The van der Waals surface area contributed by atoms with E-state index >= 15 is 0 Å². The van der Waals surface area contributed by atoms with Crippen molar-refractivity contribution in [3.05, 3.63) is 30.1 Å². The van der Waals surface area contributed by atoms with E-state index in [4.69, 9.17) is 9.47 Å². The molecule has 0 spiro atoms. The lowest BCUT2D eigenvalue weighted by Crippen LogP contribution is -2.38. The van der Waals surface area contributed by atoms with Gasteiger partial charge < -0.3 is 19.5 Å². The number of aliphatic hydroxyl groups is 1. The number of nitrogens with zero attached hydrogens (tertiary/aromatic N) is 1. The number of likely N-dealkylation sites (N-methyl/N-ethyl adjacent to an activating group) is 1. The molecule has 2 unspecified atom stereocenters. The zero-order valence-electron chi connectivity index (χ0n) is 12.5. The van der Waals surface area contributed by atoms with Gasteiger partial charge in [-0.15, -0.1) is 0 Å². The average Bonchev–Trinajstić information content (AvgIpc) is 2.99. The van der Waals surface area contributed by atoms with E-state index in [1.807, 2.05) is 0 Å². The number of halogens is 1. The van der Waals surface area contributed by atoms with Crippen LogP contribution in [0, 0.1) is 11.7 Å². The van der Waals surface area contributed by atoms with E-state index in [1.54, 1.807) is 12.1 Å². The lowest BCUT2D eigenvalue weighted by molar-refractivity contribution is 0.0631. The van der Waals surface area contributed by atoms with Crippen LogP contribution >= 0.6 is 0 Å². The molecule has 0 aromatic heterocycles. The number of rotatable bonds is 8. The quantitative estimate of drug-likeness (QED) is 0.796. The van der Waals surface area contributed by atoms with E-state index in [1.165, 1.54) is 12.1 Å². The summed E-state index contributed by atoms with van der Waals surface area (Å²) in [5.74, 6) is 0.844. The third-order valence-corrected chi connectivity index (χ3v) is 3.71. The van der Waals surface area contributed by atoms with Crippen molar-refractivity contribution in [1.29, 1.82) is 0 Å². The van der Waals surface area contributed by atoms with Crippen molar-refractivity contribution in [2.45, 2.75) is 19.4 Å². The van der Waals surface area contributed by atoms with Gasteiger partial charge in [-0.05, 0) is 43.1 Å². The van der Waals surface area contributed by atoms with Crippen LogP contribution in [0.15, 0.2) is 24.3 Å². The minimum absolute atomic E-state index is 0.212. The average molecular weight is 297 g/mol. The summed E-state index contributed by atoms with van der Waals surface area (Å²) in [5.41, 5.74) is 0. The Bertz CT molecular complexity index is 406. The summed E-state index contributed by atoms with van der Waals surface area (Å²) in [6.45, 7) is 6.38. The maximum absolute atomic E-state index is 12.8. The number of aliphatic hydroxyl groups excluding tert-OH is 1. The SMILES string of the molecule is CCN(CC(O)COc1ccc(F)cc1)CC1CCOC1. The Labute approximate surface area is 125 Å². The molecule has 0 aliphatic carbocycles. The van der Waals surface area contributed by atoms with Crippen LogP contribution in [0.3, 0.4) is 0 Å². The molecule has 0 saturated carbocycles. The van der Waals surface area contributed by atoms with Crippen LogP contribution < -0.4 is 4.74 Å². The van der Waals surface area contributed by atoms with E-state index < -0.39 is 6.10 Å². The Balaban J connectivity index is 1.71. The van der Waals surface area contributed by atoms with Crippen LogP contribution in [0.2, 0.25) is 0 Å². The number of hydrogen-bond donors (Lipinski definition) is 1. The van der Waals surface area contributed by atoms with E-state index in [0.717, 1.165) is 32.7 Å². The van der Waals surface area contributed by atoms with Crippen molar-refractivity contribution in [3.8, 4) is 5.75 Å². The maximum atomic E-state index is 12.8. The highest BCUT2D eigenvalue weighted by Crippen LogP contribution is 2.15. The van der Waals surface area contributed by atoms with Crippen molar-refractivity contribution in [1.82, 2.24) is 4.90 Å². The first-order valence-electron chi connectivity index (χ1n) is 7.54. The van der Waals surface area contributed by atoms with Gasteiger partial charge in [-0.2, -0.15) is 0 Å². The van der Waals surface area contributed by atoms with Crippen LogP contribution in [0.5, 0.6) is 5.75 Å². The van der Waals surface area contributed by atoms with E-state index in [2.05, 4.69) is 11.8 Å². The van der Waals surface area contributed by atoms with Crippen LogP contribution in [0.1, 0.15) is 13.3 Å². The first-order chi connectivity index (χ1) is 10.2. The number of hydrogen-bond acceptors (Lipinski definition) is 4. The molecule has 1 aliphatic heterocycles. The monoisotopic (exact) mass is 297 g/mol. The Kier molecular flexibility index (Phi) is 6.42. The van der Waals surface area contributed by atoms with Crippen LogP contribution in [0.4, 0.5) is 4.39 Å². The largest absolute Gasteiger partial charge is 0.491 e. The smallest absolute Gasteiger partial charge is 0.123 e. The van der Waals surface area contributed by atoms with Gasteiger partial charge in [0.25, 0.3) is 0 Å². The van der Waals surface area contributed by atoms with Gasteiger partial charge in [-0.3, -0.25) is 0 Å². The Hall–Kier alpha value is -1.17. The predicted molar refractivity (Wildman–Crippen MR) is 78.9 cm³/mol. The molecule has 1 aliphatic rings. The second kappa shape index (κ2) is 8.32. The summed E-state index contributed by atoms with van der Waals surface area (Å²) in [6, 6.07) is 5.82. The van der Waals surface area contributed by atoms with Gasteiger partial charge in [-0.1, -0.05) is 6.92 Å². The fourth-order valence-electron chi connectivity index (χ4n) is 2.50. The Morgan fingerprint density at radius 1 is 1.43 bits per heavy atom. The Morgan fingerprint density at radius 3 is 2.81 bits per heavy atom. The second-order valence-electron chi connectivity index (χ2n) is 5.50. The number of ether oxygens (including phenoxy) is 2. The molecule has 1 saturated heterocycles. The van der Waals surface area contributed by atoms with E-state index in [9.17, 15) is 9.50 Å². The molecule has 2 rings (SSSR count). The van der Waals surface area contributed by atoms with Crippen LogP contribution in [-0.2, 0) is 4.74 Å². The molecule has 1 aromatic rings. The van der Waals surface area contributed by atoms with Gasteiger partial charge in [-0.25, -0.2) is 4.39 Å². The fraction of sp³-hybridized carbons (Fsp3) is 0.625. The fourth-order valence-corrected chi connectivity index (χ4v) is 2.50. The molecule has 1 fully saturated rings. The summed E-state index contributed by atoms with van der Waals surface area (Å²) < 4.78 is 23.6. The minimum Gasteiger partial charge on any atom is -0.491 e. The number of benzene rings is 1. The normalized spacial score (nSPS) is 19.9. The van der Waals surface area contributed by atoms with E-state index in [0.29, 0.717) is 18.2 Å². The molecule has 5 heteroatoms. The van der Waals surface area contributed by atoms with Gasteiger partial charge in [0.15, 0.2) is 0 Å². The summed E-state index contributed by atoms with van der Waals surface area (Å²) in [6.07, 6.45) is 0.538. The zero-order chi connectivity index (χ0) is 15.1. The molecule has 2 atom stereocenters. The highest BCUT2D eigenvalue weighted by atomic mass is 19.1.